The molecule has 0 unspecified atom stereocenters. The summed E-state index contributed by atoms with van der Waals surface area (Å²) in [5, 5.41) is 5.75. The number of halogens is 3. The third-order valence-corrected chi connectivity index (χ3v) is 4.95. The van der Waals surface area contributed by atoms with Gasteiger partial charge in [-0.3, -0.25) is 9.59 Å². The minimum atomic E-state index is -4.37. The Morgan fingerprint density at radius 3 is 2.41 bits per heavy atom. The molecular weight excluding hydrogens is 399 g/mol. The Bertz CT molecular complexity index is 1000. The van der Waals surface area contributed by atoms with Crippen LogP contribution in [-0.4, -0.2) is 22.3 Å². The molecule has 1 heterocycles. The van der Waals surface area contributed by atoms with E-state index in [0.717, 1.165) is 4.70 Å². The number of benzene rings is 2. The summed E-state index contributed by atoms with van der Waals surface area (Å²) in [4.78, 5) is 27.6. The monoisotopic (exact) mass is 411 g/mol. The molecule has 3 aromatic rings. The third kappa shape index (κ3) is 5.20. The van der Waals surface area contributed by atoms with Gasteiger partial charge in [0, 0.05) is 23.1 Å². The number of nitrogens with one attached hydrogen (secondary N) is 2. The van der Waals surface area contributed by atoms with Gasteiger partial charge >= 0.3 is 5.51 Å². The van der Waals surface area contributed by atoms with Crippen molar-refractivity contribution in [1.29, 1.82) is 0 Å². The van der Waals surface area contributed by atoms with E-state index in [1.54, 1.807) is 18.2 Å². The molecule has 0 saturated heterocycles. The highest BCUT2D eigenvalue weighted by Gasteiger charge is 2.29. The molecule has 140 valence electrons. The lowest BCUT2D eigenvalue weighted by molar-refractivity contribution is -0.114. The summed E-state index contributed by atoms with van der Waals surface area (Å²) in [5.74, 6) is -0.667. The molecule has 1 aromatic heterocycles. The number of amides is 2. The summed E-state index contributed by atoms with van der Waals surface area (Å²) in [6.07, 6.45) is 0. The van der Waals surface area contributed by atoms with Crippen LogP contribution in [0.25, 0.3) is 10.2 Å². The van der Waals surface area contributed by atoms with Gasteiger partial charge in [0.25, 0.3) is 5.91 Å². The zero-order chi connectivity index (χ0) is 19.6. The van der Waals surface area contributed by atoms with E-state index in [2.05, 4.69) is 15.6 Å². The molecule has 27 heavy (non-hydrogen) atoms. The number of fused-ring (bicyclic) bond motifs is 1. The molecule has 3 rings (SSSR count). The molecule has 10 heteroatoms. The average molecular weight is 411 g/mol. The summed E-state index contributed by atoms with van der Waals surface area (Å²) >= 11 is 1.03. The summed E-state index contributed by atoms with van der Waals surface area (Å²) in [6, 6.07) is 10.2. The van der Waals surface area contributed by atoms with Gasteiger partial charge in [-0.2, -0.15) is 13.2 Å². The Hall–Kier alpha value is -2.59. The Labute approximate surface area is 160 Å². The van der Waals surface area contributed by atoms with Crippen LogP contribution in [0.15, 0.2) is 47.4 Å². The van der Waals surface area contributed by atoms with E-state index in [9.17, 15) is 22.8 Å². The molecule has 0 spiro atoms. The number of aromatic nitrogens is 1. The van der Waals surface area contributed by atoms with Crippen LogP contribution in [-0.2, 0) is 4.79 Å². The number of carbonyl (C=O) groups is 2. The van der Waals surface area contributed by atoms with Gasteiger partial charge in [0.1, 0.15) is 0 Å². The van der Waals surface area contributed by atoms with Crippen molar-refractivity contribution in [3.05, 3.63) is 48.0 Å². The standard InChI is InChI=1S/C17H12F3N3O2S2/c1-9(24)21-16-23-13-7-4-11(8-14(13)26-16)22-15(25)10-2-5-12(6-3-10)27-17(18,19)20/h2-8H,1H3,(H,22,25)(H,21,23,24). The number of nitrogens with zero attached hydrogens (tertiary/aromatic N) is 1. The van der Waals surface area contributed by atoms with Crippen molar-refractivity contribution in [1.82, 2.24) is 4.98 Å². The molecule has 0 aliphatic carbocycles. The lowest BCUT2D eigenvalue weighted by Gasteiger charge is -2.07. The van der Waals surface area contributed by atoms with Crippen LogP contribution in [0, 0.1) is 0 Å². The van der Waals surface area contributed by atoms with Crippen LogP contribution in [0.4, 0.5) is 24.0 Å². The maximum Gasteiger partial charge on any atom is 0.446 e. The first kappa shape index (κ1) is 19.2. The predicted molar refractivity (Wildman–Crippen MR) is 100 cm³/mol. The highest BCUT2D eigenvalue weighted by Crippen LogP contribution is 2.36. The molecular formula is C17H12F3N3O2S2. The Balaban J connectivity index is 1.72. The molecule has 0 atom stereocenters. The topological polar surface area (TPSA) is 71.1 Å². The van der Waals surface area contributed by atoms with E-state index in [-0.39, 0.29) is 28.1 Å². The van der Waals surface area contributed by atoms with Gasteiger partial charge in [0.05, 0.1) is 10.2 Å². The van der Waals surface area contributed by atoms with E-state index >= 15 is 0 Å². The SMILES string of the molecule is CC(=O)Nc1nc2ccc(NC(=O)c3ccc(SC(F)(F)F)cc3)cc2s1. The van der Waals surface area contributed by atoms with Crippen LogP contribution in [0.1, 0.15) is 17.3 Å². The summed E-state index contributed by atoms with van der Waals surface area (Å²) in [5.41, 5.74) is -2.94. The van der Waals surface area contributed by atoms with Gasteiger partial charge in [-0.15, -0.1) is 0 Å². The van der Waals surface area contributed by atoms with Crippen molar-refractivity contribution in [3.8, 4) is 0 Å². The van der Waals surface area contributed by atoms with E-state index in [4.69, 9.17) is 0 Å². The maximum absolute atomic E-state index is 12.3. The van der Waals surface area contributed by atoms with E-state index in [1.807, 2.05) is 0 Å². The normalized spacial score (nSPS) is 11.4. The first-order valence-corrected chi connectivity index (χ1v) is 9.18. The Kier molecular flexibility index (Phi) is 5.38. The smallest absolute Gasteiger partial charge is 0.322 e. The van der Waals surface area contributed by atoms with Crippen LogP contribution in [0.2, 0.25) is 0 Å². The number of hydrogen-bond donors (Lipinski definition) is 2. The fourth-order valence-electron chi connectivity index (χ4n) is 2.22. The number of rotatable bonds is 4. The third-order valence-electron chi connectivity index (χ3n) is 3.28. The first-order valence-electron chi connectivity index (χ1n) is 7.55. The van der Waals surface area contributed by atoms with Crippen molar-refractivity contribution < 1.29 is 22.8 Å². The van der Waals surface area contributed by atoms with E-state index < -0.39 is 11.4 Å². The zero-order valence-corrected chi connectivity index (χ0v) is 15.4. The second kappa shape index (κ2) is 7.57. The van der Waals surface area contributed by atoms with Crippen molar-refractivity contribution in [2.24, 2.45) is 0 Å². The molecule has 0 fully saturated rings. The lowest BCUT2D eigenvalue weighted by Crippen LogP contribution is -2.11. The fraction of sp³-hybridized carbons (Fsp3) is 0.118. The molecule has 0 aliphatic heterocycles. The van der Waals surface area contributed by atoms with Gasteiger partial charge in [-0.1, -0.05) is 11.3 Å². The quantitative estimate of drug-likeness (QED) is 0.585. The molecule has 2 aromatic carbocycles. The number of hydrogen-bond acceptors (Lipinski definition) is 5. The highest BCUT2D eigenvalue weighted by atomic mass is 32.2. The van der Waals surface area contributed by atoms with Gasteiger partial charge < -0.3 is 10.6 Å². The zero-order valence-electron chi connectivity index (χ0n) is 13.8. The molecule has 5 nitrogen and oxygen atoms in total. The highest BCUT2D eigenvalue weighted by molar-refractivity contribution is 8.00. The van der Waals surface area contributed by atoms with Crippen molar-refractivity contribution in [2.45, 2.75) is 17.3 Å². The van der Waals surface area contributed by atoms with E-state index in [1.165, 1.54) is 42.5 Å². The van der Waals surface area contributed by atoms with Crippen LogP contribution in [0.3, 0.4) is 0 Å². The van der Waals surface area contributed by atoms with Gasteiger partial charge in [-0.05, 0) is 54.2 Å². The lowest BCUT2D eigenvalue weighted by atomic mass is 10.2. The predicted octanol–water partition coefficient (Wildman–Crippen LogP) is 5.12. The number of alkyl halides is 3. The second-order valence-corrected chi connectivity index (χ2v) is 7.58. The van der Waals surface area contributed by atoms with Crippen LogP contribution >= 0.6 is 23.1 Å². The van der Waals surface area contributed by atoms with Crippen LogP contribution in [0.5, 0.6) is 0 Å². The summed E-state index contributed by atoms with van der Waals surface area (Å²) < 4.78 is 37.8. The first-order chi connectivity index (χ1) is 12.7. The minimum absolute atomic E-state index is 0.00984. The largest absolute Gasteiger partial charge is 0.446 e. The maximum atomic E-state index is 12.3. The molecule has 2 amide bonds. The number of thioether (sulfide) groups is 1. The molecule has 0 aliphatic rings. The van der Waals surface area contributed by atoms with Crippen molar-refractivity contribution in [3.63, 3.8) is 0 Å². The van der Waals surface area contributed by atoms with Gasteiger partial charge in [0.2, 0.25) is 5.91 Å². The van der Waals surface area contributed by atoms with Crippen LogP contribution < -0.4 is 10.6 Å². The number of thiazole rings is 1. The minimum Gasteiger partial charge on any atom is -0.322 e. The molecule has 2 N–H and O–H groups in total. The van der Waals surface area contributed by atoms with Crippen molar-refractivity contribution >= 4 is 55.9 Å². The Morgan fingerprint density at radius 2 is 1.78 bits per heavy atom. The van der Waals surface area contributed by atoms with Gasteiger partial charge in [0.15, 0.2) is 5.13 Å². The fourth-order valence-corrected chi connectivity index (χ4v) is 3.71. The Morgan fingerprint density at radius 1 is 1.07 bits per heavy atom. The molecule has 0 radical (unpaired) electrons. The number of carbonyl (C=O) groups excluding carboxylic acids is 2. The van der Waals surface area contributed by atoms with Gasteiger partial charge in [-0.25, -0.2) is 4.98 Å². The summed E-state index contributed by atoms with van der Waals surface area (Å²) in [7, 11) is 0. The number of anilines is 2. The molecule has 0 bridgehead atoms. The molecule has 0 saturated carbocycles. The second-order valence-electron chi connectivity index (χ2n) is 5.41. The van der Waals surface area contributed by atoms with Crippen molar-refractivity contribution in [2.75, 3.05) is 10.6 Å². The summed E-state index contributed by atoms with van der Waals surface area (Å²) in [6.45, 7) is 1.39. The average Bonchev–Trinajstić information content (AvgIpc) is 2.94. The van der Waals surface area contributed by atoms with E-state index in [0.29, 0.717) is 16.3 Å².